The van der Waals surface area contributed by atoms with E-state index in [-0.39, 0.29) is 17.4 Å². The van der Waals surface area contributed by atoms with Gasteiger partial charge in [-0.2, -0.15) is 4.98 Å². The molecule has 2 aliphatic rings. The van der Waals surface area contributed by atoms with Crippen LogP contribution in [0.1, 0.15) is 43.6 Å². The minimum absolute atomic E-state index is 0.142. The van der Waals surface area contributed by atoms with Gasteiger partial charge in [0.25, 0.3) is 0 Å². The van der Waals surface area contributed by atoms with Gasteiger partial charge in [0.1, 0.15) is 0 Å². The van der Waals surface area contributed by atoms with Crippen LogP contribution in [-0.2, 0) is 11.3 Å². The molecule has 3 atom stereocenters. The molecule has 132 valence electrons. The largest absolute Gasteiger partial charge is 0.346 e. The number of likely N-dealkylation sites (tertiary alicyclic amines) is 1. The summed E-state index contributed by atoms with van der Waals surface area (Å²) in [6, 6.07) is 10.3. The van der Waals surface area contributed by atoms with Crippen LogP contribution >= 0.6 is 0 Å². The number of aromatic nitrogens is 2. The average molecular weight is 340 g/mol. The Bertz CT molecular complexity index is 718. The summed E-state index contributed by atoms with van der Waals surface area (Å²) in [6.45, 7) is 4.64. The van der Waals surface area contributed by atoms with Crippen molar-refractivity contribution in [3.8, 4) is 0 Å². The fourth-order valence-corrected chi connectivity index (χ4v) is 4.50. The van der Waals surface area contributed by atoms with Gasteiger partial charge in [-0.25, -0.2) is 0 Å². The Balaban J connectivity index is 1.46. The molecule has 2 heterocycles. The summed E-state index contributed by atoms with van der Waals surface area (Å²) >= 11 is 0. The highest BCUT2D eigenvalue weighted by atomic mass is 16.5. The zero-order valence-electron chi connectivity index (χ0n) is 14.5. The Labute approximate surface area is 147 Å². The second kappa shape index (κ2) is 6.59. The van der Waals surface area contributed by atoms with Crippen molar-refractivity contribution in [1.82, 2.24) is 20.4 Å². The predicted octanol–water partition coefficient (Wildman–Crippen LogP) is 2.55. The summed E-state index contributed by atoms with van der Waals surface area (Å²) in [6.07, 6.45) is 4.53. The molecule has 0 spiro atoms. The predicted molar refractivity (Wildman–Crippen MR) is 92.3 cm³/mol. The molecule has 1 saturated heterocycles. The van der Waals surface area contributed by atoms with Gasteiger partial charge in [-0.15, -0.1) is 0 Å². The topological polar surface area (TPSA) is 71.3 Å². The first-order valence-electron chi connectivity index (χ1n) is 9.01. The molecule has 1 aromatic heterocycles. The molecular weight excluding hydrogens is 316 g/mol. The number of rotatable bonds is 5. The summed E-state index contributed by atoms with van der Waals surface area (Å²) in [5.74, 6) is 1.11. The molecule has 2 fully saturated rings. The van der Waals surface area contributed by atoms with Crippen molar-refractivity contribution in [2.24, 2.45) is 11.3 Å². The third kappa shape index (κ3) is 3.06. The van der Waals surface area contributed by atoms with Gasteiger partial charge in [0.05, 0.1) is 11.5 Å². The molecule has 0 unspecified atom stereocenters. The monoisotopic (exact) mass is 340 g/mol. The van der Waals surface area contributed by atoms with Crippen LogP contribution in [0.3, 0.4) is 0 Å². The maximum absolute atomic E-state index is 13.1. The molecule has 25 heavy (non-hydrogen) atoms. The van der Waals surface area contributed by atoms with Gasteiger partial charge in [-0.05, 0) is 31.2 Å². The first-order chi connectivity index (χ1) is 12.2. The molecule has 6 nitrogen and oxygen atoms in total. The number of benzene rings is 1. The quantitative estimate of drug-likeness (QED) is 0.906. The zero-order valence-corrected chi connectivity index (χ0v) is 14.5. The van der Waals surface area contributed by atoms with E-state index in [1.807, 2.05) is 13.0 Å². The van der Waals surface area contributed by atoms with E-state index < -0.39 is 0 Å². The van der Waals surface area contributed by atoms with Crippen LogP contribution in [0.25, 0.3) is 0 Å². The summed E-state index contributed by atoms with van der Waals surface area (Å²) in [5.41, 5.74) is 1.03. The lowest BCUT2D eigenvalue weighted by atomic mass is 9.79. The SMILES string of the molecule is C[C@H](NC(=O)[C@@]12CCC[C@@H]1CN(Cc1ccccc1)C2)c1ncon1. The number of fused-ring (bicyclic) bond motifs is 1. The van der Waals surface area contributed by atoms with E-state index in [4.69, 9.17) is 4.52 Å². The molecule has 0 radical (unpaired) electrons. The highest BCUT2D eigenvalue weighted by Crippen LogP contribution is 2.49. The molecule has 6 heteroatoms. The van der Waals surface area contributed by atoms with Crippen molar-refractivity contribution in [2.45, 2.75) is 38.8 Å². The average Bonchev–Trinajstić information content (AvgIpc) is 3.31. The lowest BCUT2D eigenvalue weighted by Crippen LogP contribution is -2.45. The lowest BCUT2D eigenvalue weighted by molar-refractivity contribution is -0.132. The number of nitrogens with one attached hydrogen (secondary N) is 1. The standard InChI is InChI=1S/C19H24N4O2/c1-14(17-20-13-25-22-17)21-18(24)19-9-5-8-16(19)11-23(12-19)10-15-6-3-2-4-7-15/h2-4,6-7,13-14,16H,5,8-12H2,1H3,(H,21,24)/t14-,16+,19+/m0/s1. The molecule has 1 saturated carbocycles. The summed E-state index contributed by atoms with van der Waals surface area (Å²) in [7, 11) is 0. The number of nitrogens with zero attached hydrogens (tertiary/aromatic N) is 3. The second-order valence-corrected chi connectivity index (χ2v) is 7.39. The third-order valence-corrected chi connectivity index (χ3v) is 5.76. The molecule has 1 amide bonds. The number of amides is 1. The van der Waals surface area contributed by atoms with Gasteiger partial charge >= 0.3 is 0 Å². The van der Waals surface area contributed by atoms with E-state index >= 15 is 0 Å². The van der Waals surface area contributed by atoms with Crippen molar-refractivity contribution in [3.05, 3.63) is 48.1 Å². The van der Waals surface area contributed by atoms with Crippen LogP contribution in [0.2, 0.25) is 0 Å². The fourth-order valence-electron chi connectivity index (χ4n) is 4.50. The van der Waals surface area contributed by atoms with Gasteiger partial charge in [-0.1, -0.05) is 41.9 Å². The normalized spacial score (nSPS) is 27.2. The van der Waals surface area contributed by atoms with Crippen molar-refractivity contribution in [1.29, 1.82) is 0 Å². The number of hydrogen-bond donors (Lipinski definition) is 1. The lowest BCUT2D eigenvalue weighted by Gasteiger charge is -2.29. The van der Waals surface area contributed by atoms with Crippen molar-refractivity contribution < 1.29 is 9.32 Å². The molecule has 1 aromatic carbocycles. The highest BCUT2D eigenvalue weighted by molar-refractivity contribution is 5.84. The van der Waals surface area contributed by atoms with Gasteiger partial charge in [0.2, 0.25) is 12.3 Å². The fraction of sp³-hybridized carbons (Fsp3) is 0.526. The van der Waals surface area contributed by atoms with Crippen LogP contribution in [0.5, 0.6) is 0 Å². The van der Waals surface area contributed by atoms with Crippen molar-refractivity contribution in [3.63, 3.8) is 0 Å². The summed E-state index contributed by atoms with van der Waals surface area (Å²) in [5, 5.41) is 6.96. The van der Waals surface area contributed by atoms with Crippen LogP contribution in [-0.4, -0.2) is 34.0 Å². The van der Waals surface area contributed by atoms with Crippen LogP contribution in [0.4, 0.5) is 0 Å². The number of carbonyl (C=O) groups excluding carboxylic acids is 1. The molecule has 1 aliphatic carbocycles. The smallest absolute Gasteiger partial charge is 0.228 e. The first-order valence-corrected chi connectivity index (χ1v) is 9.01. The molecule has 0 bridgehead atoms. The Hall–Kier alpha value is -2.21. The minimum atomic E-state index is -0.271. The number of carbonyl (C=O) groups is 1. The Kier molecular flexibility index (Phi) is 4.29. The summed E-state index contributed by atoms with van der Waals surface area (Å²) in [4.78, 5) is 19.6. The highest BCUT2D eigenvalue weighted by Gasteiger charge is 2.54. The first kappa shape index (κ1) is 16.3. The van der Waals surface area contributed by atoms with E-state index in [2.05, 4.69) is 44.6 Å². The van der Waals surface area contributed by atoms with Crippen molar-refractivity contribution >= 4 is 5.91 Å². The maximum Gasteiger partial charge on any atom is 0.228 e. The van der Waals surface area contributed by atoms with E-state index in [9.17, 15) is 4.79 Å². The Morgan fingerprint density at radius 1 is 1.44 bits per heavy atom. The molecule has 1 N–H and O–H groups in total. The van der Waals surface area contributed by atoms with Crippen LogP contribution in [0, 0.1) is 11.3 Å². The van der Waals surface area contributed by atoms with Gasteiger partial charge in [0, 0.05) is 19.6 Å². The minimum Gasteiger partial charge on any atom is -0.346 e. The molecule has 4 rings (SSSR count). The summed E-state index contributed by atoms with van der Waals surface area (Å²) < 4.78 is 4.79. The van der Waals surface area contributed by atoms with Gasteiger partial charge in [-0.3, -0.25) is 9.69 Å². The van der Waals surface area contributed by atoms with E-state index in [0.717, 1.165) is 38.9 Å². The zero-order chi connectivity index (χ0) is 17.3. The van der Waals surface area contributed by atoms with E-state index in [1.165, 1.54) is 12.0 Å². The van der Waals surface area contributed by atoms with E-state index in [0.29, 0.717) is 11.7 Å². The Morgan fingerprint density at radius 3 is 3.04 bits per heavy atom. The van der Waals surface area contributed by atoms with Crippen LogP contribution in [0.15, 0.2) is 41.2 Å². The third-order valence-electron chi connectivity index (χ3n) is 5.76. The van der Waals surface area contributed by atoms with Gasteiger partial charge in [0.15, 0.2) is 5.82 Å². The van der Waals surface area contributed by atoms with E-state index in [1.54, 1.807) is 0 Å². The Morgan fingerprint density at radius 2 is 2.28 bits per heavy atom. The van der Waals surface area contributed by atoms with Crippen molar-refractivity contribution in [2.75, 3.05) is 13.1 Å². The molecular formula is C19H24N4O2. The second-order valence-electron chi connectivity index (χ2n) is 7.39. The maximum atomic E-state index is 13.1. The molecule has 1 aliphatic heterocycles. The number of hydrogen-bond acceptors (Lipinski definition) is 5. The van der Waals surface area contributed by atoms with Gasteiger partial charge < -0.3 is 9.84 Å². The molecule has 2 aromatic rings. The van der Waals surface area contributed by atoms with Crippen LogP contribution < -0.4 is 5.32 Å².